The molecule has 0 aliphatic carbocycles. The summed E-state index contributed by atoms with van der Waals surface area (Å²) in [6, 6.07) is 3.84. The summed E-state index contributed by atoms with van der Waals surface area (Å²) in [6.07, 6.45) is 5.15. The SMILES string of the molecule is CN1C[C@@H]2CCCN(C(=O)C3CCCCN3C(=O)c3cccs3)[C@@H]2C1. The largest absolute Gasteiger partial charge is 0.336 e. The van der Waals surface area contributed by atoms with E-state index in [-0.39, 0.29) is 17.9 Å². The lowest BCUT2D eigenvalue weighted by molar-refractivity contribution is -0.141. The number of likely N-dealkylation sites (tertiary alicyclic amines) is 3. The molecule has 0 saturated carbocycles. The quantitative estimate of drug-likeness (QED) is 0.812. The molecule has 4 heterocycles. The summed E-state index contributed by atoms with van der Waals surface area (Å²) in [4.78, 5) is 33.4. The molecule has 6 heteroatoms. The Morgan fingerprint density at radius 2 is 1.92 bits per heavy atom. The Hall–Kier alpha value is -1.40. The predicted octanol–water partition coefficient (Wildman–Crippen LogP) is 2.30. The van der Waals surface area contributed by atoms with Crippen LogP contribution in [0.3, 0.4) is 0 Å². The zero-order valence-corrected chi connectivity index (χ0v) is 15.7. The summed E-state index contributed by atoms with van der Waals surface area (Å²) in [7, 11) is 2.15. The number of fused-ring (bicyclic) bond motifs is 1. The van der Waals surface area contributed by atoms with E-state index in [1.165, 1.54) is 17.8 Å². The van der Waals surface area contributed by atoms with Crippen molar-refractivity contribution in [3.63, 3.8) is 0 Å². The molecule has 2 amide bonds. The molecule has 4 rings (SSSR count). The van der Waals surface area contributed by atoms with E-state index < -0.39 is 0 Å². The maximum absolute atomic E-state index is 13.4. The van der Waals surface area contributed by atoms with Gasteiger partial charge in [0.25, 0.3) is 5.91 Å². The lowest BCUT2D eigenvalue weighted by atomic mass is 9.90. The molecule has 25 heavy (non-hydrogen) atoms. The number of carbonyl (C=O) groups excluding carboxylic acids is 2. The Kier molecular flexibility index (Phi) is 4.82. The van der Waals surface area contributed by atoms with E-state index in [1.54, 1.807) is 0 Å². The van der Waals surface area contributed by atoms with Crippen molar-refractivity contribution in [2.45, 2.75) is 44.2 Å². The Labute approximate surface area is 153 Å². The fourth-order valence-electron chi connectivity index (χ4n) is 4.83. The summed E-state index contributed by atoms with van der Waals surface area (Å²) in [5.74, 6) is 0.826. The minimum absolute atomic E-state index is 0.0325. The average molecular weight is 362 g/mol. The average Bonchev–Trinajstić information content (AvgIpc) is 3.28. The molecular weight excluding hydrogens is 334 g/mol. The Morgan fingerprint density at radius 3 is 2.72 bits per heavy atom. The molecule has 0 bridgehead atoms. The molecule has 1 unspecified atom stereocenters. The van der Waals surface area contributed by atoms with Gasteiger partial charge in [-0.25, -0.2) is 0 Å². The van der Waals surface area contributed by atoms with Gasteiger partial charge in [0.2, 0.25) is 5.91 Å². The van der Waals surface area contributed by atoms with E-state index in [0.717, 1.165) is 50.2 Å². The van der Waals surface area contributed by atoms with Crippen molar-refractivity contribution in [1.82, 2.24) is 14.7 Å². The minimum atomic E-state index is -0.270. The highest BCUT2D eigenvalue weighted by Crippen LogP contribution is 2.32. The van der Waals surface area contributed by atoms with E-state index in [0.29, 0.717) is 18.5 Å². The maximum atomic E-state index is 13.4. The number of nitrogens with zero attached hydrogens (tertiary/aromatic N) is 3. The molecule has 1 aromatic heterocycles. The topological polar surface area (TPSA) is 43.9 Å². The van der Waals surface area contributed by atoms with Crippen LogP contribution in [0.4, 0.5) is 0 Å². The van der Waals surface area contributed by atoms with Crippen molar-refractivity contribution in [3.05, 3.63) is 22.4 Å². The fourth-order valence-corrected chi connectivity index (χ4v) is 5.51. The van der Waals surface area contributed by atoms with Gasteiger partial charge in [0.15, 0.2) is 0 Å². The third kappa shape index (κ3) is 3.22. The number of hydrogen-bond donors (Lipinski definition) is 0. The third-order valence-electron chi connectivity index (χ3n) is 6.03. The van der Waals surface area contributed by atoms with Crippen molar-refractivity contribution >= 4 is 23.2 Å². The number of rotatable bonds is 2. The smallest absolute Gasteiger partial charge is 0.264 e. The van der Waals surface area contributed by atoms with Crippen LogP contribution in [0.2, 0.25) is 0 Å². The van der Waals surface area contributed by atoms with Gasteiger partial charge in [0, 0.05) is 32.2 Å². The molecule has 3 aliphatic heterocycles. The molecular formula is C19H27N3O2S. The van der Waals surface area contributed by atoms with Gasteiger partial charge >= 0.3 is 0 Å². The second-order valence-electron chi connectivity index (χ2n) is 7.71. The van der Waals surface area contributed by atoms with Gasteiger partial charge < -0.3 is 14.7 Å². The summed E-state index contributed by atoms with van der Waals surface area (Å²) in [6.45, 7) is 3.62. The zero-order chi connectivity index (χ0) is 17.4. The fraction of sp³-hybridized carbons (Fsp3) is 0.684. The monoisotopic (exact) mass is 361 g/mol. The standard InChI is InChI=1S/C19H27N3O2S/c1-20-12-14-6-4-10-22(16(14)13-20)18(23)15-7-2-3-9-21(15)19(24)17-8-5-11-25-17/h5,8,11,14-16H,2-4,6-7,9-10,12-13H2,1H3/t14-,15?,16+/m0/s1. The van der Waals surface area contributed by atoms with Crippen LogP contribution in [0, 0.1) is 5.92 Å². The lowest BCUT2D eigenvalue weighted by Gasteiger charge is -2.42. The molecule has 3 fully saturated rings. The van der Waals surface area contributed by atoms with Gasteiger partial charge in [-0.15, -0.1) is 11.3 Å². The zero-order valence-electron chi connectivity index (χ0n) is 14.9. The molecule has 5 nitrogen and oxygen atoms in total. The predicted molar refractivity (Wildman–Crippen MR) is 98.7 cm³/mol. The van der Waals surface area contributed by atoms with Gasteiger partial charge in [0.05, 0.1) is 4.88 Å². The first-order valence-corrected chi connectivity index (χ1v) is 10.4. The van der Waals surface area contributed by atoms with Crippen LogP contribution < -0.4 is 0 Å². The molecule has 1 aromatic rings. The van der Waals surface area contributed by atoms with Crippen molar-refractivity contribution in [2.24, 2.45) is 5.92 Å². The van der Waals surface area contributed by atoms with Gasteiger partial charge in [0.1, 0.15) is 6.04 Å². The number of carbonyl (C=O) groups is 2. The highest BCUT2D eigenvalue weighted by atomic mass is 32.1. The summed E-state index contributed by atoms with van der Waals surface area (Å²) in [5, 5.41) is 1.93. The molecule has 136 valence electrons. The van der Waals surface area contributed by atoms with E-state index in [4.69, 9.17) is 0 Å². The van der Waals surface area contributed by atoms with Crippen LogP contribution in [0.25, 0.3) is 0 Å². The number of thiophene rings is 1. The highest BCUT2D eigenvalue weighted by Gasteiger charge is 2.43. The van der Waals surface area contributed by atoms with E-state index in [1.807, 2.05) is 22.4 Å². The van der Waals surface area contributed by atoms with E-state index in [2.05, 4.69) is 16.8 Å². The molecule has 3 atom stereocenters. The second kappa shape index (κ2) is 7.08. The van der Waals surface area contributed by atoms with Gasteiger partial charge in [-0.1, -0.05) is 6.07 Å². The van der Waals surface area contributed by atoms with Gasteiger partial charge in [-0.2, -0.15) is 0 Å². The number of likely N-dealkylation sites (N-methyl/N-ethyl adjacent to an activating group) is 1. The lowest BCUT2D eigenvalue weighted by Crippen LogP contribution is -2.57. The van der Waals surface area contributed by atoms with Crippen molar-refractivity contribution in [2.75, 3.05) is 33.2 Å². The Bertz CT molecular complexity index is 633. The van der Waals surface area contributed by atoms with Crippen molar-refractivity contribution in [3.8, 4) is 0 Å². The highest BCUT2D eigenvalue weighted by molar-refractivity contribution is 7.12. The first-order valence-electron chi connectivity index (χ1n) is 9.48. The minimum Gasteiger partial charge on any atom is -0.336 e. The van der Waals surface area contributed by atoms with Gasteiger partial charge in [-0.3, -0.25) is 9.59 Å². The molecule has 0 radical (unpaired) electrons. The van der Waals surface area contributed by atoms with E-state index >= 15 is 0 Å². The van der Waals surface area contributed by atoms with Gasteiger partial charge in [-0.05, 0) is 56.5 Å². The molecule has 3 saturated heterocycles. The number of piperidine rings is 2. The third-order valence-corrected chi connectivity index (χ3v) is 6.88. The Morgan fingerprint density at radius 1 is 1.08 bits per heavy atom. The first-order chi connectivity index (χ1) is 12.1. The number of amides is 2. The molecule has 3 aliphatic rings. The van der Waals surface area contributed by atoms with Crippen molar-refractivity contribution in [1.29, 1.82) is 0 Å². The number of hydrogen-bond acceptors (Lipinski definition) is 4. The normalized spacial score (nSPS) is 30.4. The first kappa shape index (κ1) is 17.0. The van der Waals surface area contributed by atoms with Crippen LogP contribution in [-0.2, 0) is 4.79 Å². The van der Waals surface area contributed by atoms with Crippen molar-refractivity contribution < 1.29 is 9.59 Å². The maximum Gasteiger partial charge on any atom is 0.264 e. The molecule has 0 spiro atoms. The summed E-state index contributed by atoms with van der Waals surface area (Å²) < 4.78 is 0. The van der Waals surface area contributed by atoms with Crippen LogP contribution in [0.5, 0.6) is 0 Å². The second-order valence-corrected chi connectivity index (χ2v) is 8.66. The molecule has 0 aromatic carbocycles. The van der Waals surface area contributed by atoms with Crippen LogP contribution in [-0.4, -0.2) is 71.8 Å². The van der Waals surface area contributed by atoms with Crippen LogP contribution in [0.1, 0.15) is 41.8 Å². The summed E-state index contributed by atoms with van der Waals surface area (Å²) in [5.41, 5.74) is 0. The Balaban J connectivity index is 1.53. The molecule has 0 N–H and O–H groups in total. The van der Waals surface area contributed by atoms with E-state index in [9.17, 15) is 9.59 Å². The summed E-state index contributed by atoms with van der Waals surface area (Å²) >= 11 is 1.47. The van der Waals surface area contributed by atoms with Crippen LogP contribution in [0.15, 0.2) is 17.5 Å². The van der Waals surface area contributed by atoms with Crippen LogP contribution >= 0.6 is 11.3 Å².